The van der Waals surface area contributed by atoms with Crippen molar-refractivity contribution in [2.45, 2.75) is 40.0 Å². The number of benzene rings is 1. The minimum atomic E-state index is -0.194. The lowest BCUT2D eigenvalue weighted by atomic mass is 10.2. The maximum absolute atomic E-state index is 11.8. The largest absolute Gasteiger partial charge is 0.494 e. The van der Waals surface area contributed by atoms with E-state index in [4.69, 9.17) is 9.47 Å². The molecule has 0 unspecified atom stereocenters. The summed E-state index contributed by atoms with van der Waals surface area (Å²) in [6.07, 6.45) is 3.05. The van der Waals surface area contributed by atoms with Crippen LogP contribution in [-0.4, -0.2) is 32.4 Å². The molecule has 0 aromatic heterocycles. The highest BCUT2D eigenvalue weighted by molar-refractivity contribution is 5.90. The molecule has 0 fully saturated rings. The van der Waals surface area contributed by atoms with Gasteiger partial charge in [0.25, 0.3) is 0 Å². The first-order chi connectivity index (χ1) is 10.7. The lowest BCUT2D eigenvalue weighted by Crippen LogP contribution is -2.30. The summed E-state index contributed by atoms with van der Waals surface area (Å²) in [7, 11) is 0. The lowest BCUT2D eigenvalue weighted by molar-refractivity contribution is 0.129. The van der Waals surface area contributed by atoms with Crippen LogP contribution in [0.25, 0.3) is 0 Å². The molecular formula is C17H28N2O3. The molecule has 2 N–H and O–H groups in total. The number of anilines is 1. The predicted octanol–water partition coefficient (Wildman–Crippen LogP) is 3.72. The SMILES string of the molecule is CCCCOCCCNC(=O)Nc1ccc(OCC)cc1C. The van der Waals surface area contributed by atoms with Crippen molar-refractivity contribution in [2.75, 3.05) is 31.7 Å². The van der Waals surface area contributed by atoms with Crippen molar-refractivity contribution in [2.24, 2.45) is 0 Å². The average Bonchev–Trinajstić information content (AvgIpc) is 2.49. The monoisotopic (exact) mass is 308 g/mol. The van der Waals surface area contributed by atoms with Gasteiger partial charge >= 0.3 is 6.03 Å². The molecule has 22 heavy (non-hydrogen) atoms. The second-order valence-electron chi connectivity index (χ2n) is 5.11. The molecule has 5 nitrogen and oxygen atoms in total. The van der Waals surface area contributed by atoms with Gasteiger partial charge in [0.15, 0.2) is 0 Å². The van der Waals surface area contributed by atoms with Crippen molar-refractivity contribution in [1.29, 1.82) is 0 Å². The molecule has 0 spiro atoms. The predicted molar refractivity (Wildman–Crippen MR) is 89.7 cm³/mol. The number of carbonyl (C=O) groups is 1. The van der Waals surface area contributed by atoms with Crippen LogP contribution in [0.15, 0.2) is 18.2 Å². The molecule has 0 radical (unpaired) electrons. The standard InChI is InChI=1S/C17H28N2O3/c1-4-6-11-21-12-7-10-18-17(20)19-16-9-8-15(22-5-2)13-14(16)3/h8-9,13H,4-7,10-12H2,1-3H3,(H2,18,19,20). The van der Waals surface area contributed by atoms with E-state index < -0.39 is 0 Å². The van der Waals surface area contributed by atoms with Crippen LogP contribution in [-0.2, 0) is 4.74 Å². The Balaban J connectivity index is 2.24. The smallest absolute Gasteiger partial charge is 0.319 e. The lowest BCUT2D eigenvalue weighted by Gasteiger charge is -2.11. The van der Waals surface area contributed by atoms with Crippen LogP contribution in [0.2, 0.25) is 0 Å². The van der Waals surface area contributed by atoms with Crippen LogP contribution in [0, 0.1) is 6.92 Å². The molecule has 1 aromatic carbocycles. The molecule has 0 saturated heterocycles. The Morgan fingerprint density at radius 2 is 1.95 bits per heavy atom. The van der Waals surface area contributed by atoms with Crippen LogP contribution in [0.5, 0.6) is 5.75 Å². The Labute approximate surface area is 133 Å². The van der Waals surface area contributed by atoms with Crippen molar-refractivity contribution in [3.8, 4) is 5.75 Å². The number of amides is 2. The Hall–Kier alpha value is -1.75. The molecule has 0 aliphatic carbocycles. The number of aryl methyl sites for hydroxylation is 1. The van der Waals surface area contributed by atoms with Gasteiger partial charge in [-0.2, -0.15) is 0 Å². The molecule has 0 bridgehead atoms. The molecule has 1 rings (SSSR count). The normalized spacial score (nSPS) is 10.3. The Morgan fingerprint density at radius 3 is 2.64 bits per heavy atom. The van der Waals surface area contributed by atoms with E-state index in [2.05, 4.69) is 17.6 Å². The molecule has 0 heterocycles. The van der Waals surface area contributed by atoms with Gasteiger partial charge < -0.3 is 20.1 Å². The van der Waals surface area contributed by atoms with E-state index in [1.165, 1.54) is 0 Å². The second-order valence-corrected chi connectivity index (χ2v) is 5.11. The van der Waals surface area contributed by atoms with Crippen LogP contribution in [0.3, 0.4) is 0 Å². The highest BCUT2D eigenvalue weighted by Crippen LogP contribution is 2.21. The first kappa shape index (κ1) is 18.3. The molecule has 0 atom stereocenters. The second kappa shape index (κ2) is 10.9. The molecule has 0 aliphatic heterocycles. The minimum Gasteiger partial charge on any atom is -0.494 e. The van der Waals surface area contributed by atoms with Gasteiger partial charge in [-0.25, -0.2) is 4.79 Å². The van der Waals surface area contributed by atoms with Crippen molar-refractivity contribution in [1.82, 2.24) is 5.32 Å². The van der Waals surface area contributed by atoms with Crippen molar-refractivity contribution < 1.29 is 14.3 Å². The van der Waals surface area contributed by atoms with Gasteiger partial charge in [-0.15, -0.1) is 0 Å². The number of unbranched alkanes of at least 4 members (excludes halogenated alkanes) is 1. The van der Waals surface area contributed by atoms with Crippen molar-refractivity contribution >= 4 is 11.7 Å². The quantitative estimate of drug-likeness (QED) is 0.648. The number of hydrogen-bond acceptors (Lipinski definition) is 3. The van der Waals surface area contributed by atoms with E-state index in [1.807, 2.05) is 32.0 Å². The van der Waals surface area contributed by atoms with E-state index in [1.54, 1.807) is 0 Å². The van der Waals surface area contributed by atoms with Gasteiger partial charge in [-0.1, -0.05) is 13.3 Å². The van der Waals surface area contributed by atoms with Gasteiger partial charge in [-0.05, 0) is 50.5 Å². The molecule has 1 aromatic rings. The zero-order chi connectivity index (χ0) is 16.2. The number of hydrogen-bond donors (Lipinski definition) is 2. The van der Waals surface area contributed by atoms with Gasteiger partial charge in [0.1, 0.15) is 5.75 Å². The Kier molecular flexibility index (Phi) is 9.07. The molecule has 5 heteroatoms. The van der Waals surface area contributed by atoms with E-state index in [0.29, 0.717) is 19.8 Å². The summed E-state index contributed by atoms with van der Waals surface area (Å²) >= 11 is 0. The van der Waals surface area contributed by atoms with Gasteiger partial charge in [0, 0.05) is 25.4 Å². The van der Waals surface area contributed by atoms with E-state index in [9.17, 15) is 4.79 Å². The number of rotatable bonds is 10. The third kappa shape index (κ3) is 7.31. The molecule has 0 aliphatic rings. The van der Waals surface area contributed by atoms with Crippen LogP contribution >= 0.6 is 0 Å². The first-order valence-corrected chi connectivity index (χ1v) is 8.03. The zero-order valence-corrected chi connectivity index (χ0v) is 13.9. The number of nitrogens with one attached hydrogen (secondary N) is 2. The summed E-state index contributed by atoms with van der Waals surface area (Å²) in [4.78, 5) is 11.8. The fourth-order valence-corrected chi connectivity index (χ4v) is 1.92. The molecular weight excluding hydrogens is 280 g/mol. The highest BCUT2D eigenvalue weighted by atomic mass is 16.5. The minimum absolute atomic E-state index is 0.194. The fraction of sp³-hybridized carbons (Fsp3) is 0.588. The number of urea groups is 1. The van der Waals surface area contributed by atoms with Crippen LogP contribution in [0.1, 0.15) is 38.7 Å². The number of carbonyl (C=O) groups excluding carboxylic acids is 1. The number of ether oxygens (including phenoxy) is 2. The maximum atomic E-state index is 11.8. The summed E-state index contributed by atoms with van der Waals surface area (Å²) in [6, 6.07) is 5.43. The zero-order valence-electron chi connectivity index (χ0n) is 13.9. The van der Waals surface area contributed by atoms with E-state index in [0.717, 1.165) is 42.9 Å². The first-order valence-electron chi connectivity index (χ1n) is 8.03. The highest BCUT2D eigenvalue weighted by Gasteiger charge is 2.05. The van der Waals surface area contributed by atoms with E-state index >= 15 is 0 Å². The summed E-state index contributed by atoms with van der Waals surface area (Å²) in [5, 5.41) is 5.67. The third-order valence-corrected chi connectivity index (χ3v) is 3.15. The summed E-state index contributed by atoms with van der Waals surface area (Å²) < 4.78 is 10.9. The fourth-order valence-electron chi connectivity index (χ4n) is 1.92. The van der Waals surface area contributed by atoms with Gasteiger partial charge in [0.2, 0.25) is 0 Å². The Bertz CT molecular complexity index is 450. The summed E-state index contributed by atoms with van der Waals surface area (Å²) in [6.45, 7) is 8.75. The van der Waals surface area contributed by atoms with Crippen LogP contribution in [0.4, 0.5) is 10.5 Å². The van der Waals surface area contributed by atoms with Crippen molar-refractivity contribution in [3.05, 3.63) is 23.8 Å². The third-order valence-electron chi connectivity index (χ3n) is 3.15. The summed E-state index contributed by atoms with van der Waals surface area (Å²) in [5.41, 5.74) is 1.77. The molecule has 124 valence electrons. The van der Waals surface area contributed by atoms with Crippen molar-refractivity contribution in [3.63, 3.8) is 0 Å². The average molecular weight is 308 g/mol. The topological polar surface area (TPSA) is 59.6 Å². The van der Waals surface area contributed by atoms with Gasteiger partial charge in [0.05, 0.1) is 6.61 Å². The van der Waals surface area contributed by atoms with Gasteiger partial charge in [-0.3, -0.25) is 0 Å². The Morgan fingerprint density at radius 1 is 1.18 bits per heavy atom. The molecule has 2 amide bonds. The van der Waals surface area contributed by atoms with E-state index in [-0.39, 0.29) is 6.03 Å². The summed E-state index contributed by atoms with van der Waals surface area (Å²) in [5.74, 6) is 0.815. The van der Waals surface area contributed by atoms with Crippen LogP contribution < -0.4 is 15.4 Å². The molecule has 0 saturated carbocycles. The maximum Gasteiger partial charge on any atom is 0.319 e.